The van der Waals surface area contributed by atoms with E-state index in [1.54, 1.807) is 4.68 Å². The lowest BCUT2D eigenvalue weighted by Crippen LogP contribution is -2.28. The fourth-order valence-corrected chi connectivity index (χ4v) is 3.52. The minimum atomic E-state index is -0.131. The van der Waals surface area contributed by atoms with Gasteiger partial charge in [0.25, 0.3) is 5.91 Å². The summed E-state index contributed by atoms with van der Waals surface area (Å²) in [5.74, 6) is -0.0941. The number of nitrogens with one attached hydrogen (secondary N) is 1. The molecule has 1 fully saturated rings. The van der Waals surface area contributed by atoms with Crippen LogP contribution < -0.4 is 5.32 Å². The highest BCUT2D eigenvalue weighted by molar-refractivity contribution is 5.99. The van der Waals surface area contributed by atoms with Crippen molar-refractivity contribution in [1.29, 1.82) is 0 Å². The number of rotatable bonds is 5. The molecular formula is C21H22N6O2. The largest absolute Gasteiger partial charge is 0.339 e. The van der Waals surface area contributed by atoms with Gasteiger partial charge < -0.3 is 10.2 Å². The van der Waals surface area contributed by atoms with Crippen molar-refractivity contribution in [3.63, 3.8) is 0 Å². The molecule has 8 heteroatoms. The highest BCUT2D eigenvalue weighted by Gasteiger charge is 2.22. The number of hydrogen-bond donors (Lipinski definition) is 1. The van der Waals surface area contributed by atoms with Gasteiger partial charge in [-0.2, -0.15) is 0 Å². The molecule has 148 valence electrons. The Morgan fingerprint density at radius 1 is 1.07 bits per heavy atom. The Bertz CT molecular complexity index is 1010. The Hall–Kier alpha value is -3.55. The van der Waals surface area contributed by atoms with Gasteiger partial charge in [-0.1, -0.05) is 18.2 Å². The van der Waals surface area contributed by atoms with E-state index in [0.29, 0.717) is 11.3 Å². The summed E-state index contributed by atoms with van der Waals surface area (Å²) in [4.78, 5) is 27.1. The molecule has 0 spiro atoms. The molecular weight excluding hydrogens is 368 g/mol. The third-order valence-electron chi connectivity index (χ3n) is 5.15. The van der Waals surface area contributed by atoms with Crippen molar-refractivity contribution in [2.45, 2.75) is 26.2 Å². The van der Waals surface area contributed by atoms with Crippen molar-refractivity contribution in [2.75, 3.05) is 18.4 Å². The molecule has 8 nitrogen and oxygen atoms in total. The lowest BCUT2D eigenvalue weighted by atomic mass is 10.0. The average molecular weight is 390 g/mol. The monoisotopic (exact) mass is 390 g/mol. The molecule has 1 aliphatic rings. The zero-order valence-electron chi connectivity index (χ0n) is 16.2. The number of aromatic nitrogens is 4. The Labute approximate surface area is 168 Å². The molecule has 2 aromatic carbocycles. The Morgan fingerprint density at radius 3 is 2.52 bits per heavy atom. The first-order valence-electron chi connectivity index (χ1n) is 9.63. The molecule has 4 rings (SSSR count). The van der Waals surface area contributed by atoms with Crippen LogP contribution in [0.4, 0.5) is 5.69 Å². The van der Waals surface area contributed by atoms with Gasteiger partial charge >= 0.3 is 0 Å². The third kappa shape index (κ3) is 4.16. The van der Waals surface area contributed by atoms with Crippen LogP contribution in [-0.4, -0.2) is 50.0 Å². The van der Waals surface area contributed by atoms with Crippen LogP contribution in [0.5, 0.6) is 0 Å². The lowest BCUT2D eigenvalue weighted by Gasteiger charge is -2.18. The summed E-state index contributed by atoms with van der Waals surface area (Å²) in [6.45, 7) is 3.48. The van der Waals surface area contributed by atoms with Gasteiger partial charge in [0.05, 0.1) is 12.1 Å². The molecule has 1 saturated heterocycles. The van der Waals surface area contributed by atoms with E-state index in [2.05, 4.69) is 20.8 Å². The second kappa shape index (κ2) is 8.22. The number of tetrazole rings is 1. The fraction of sp³-hybridized carbons (Fsp3) is 0.286. The SMILES string of the molecule is Cc1c(NC(=O)Cc2ccc(-n3cnnn3)cc2)cccc1C(=O)N1CCCC1. The number of carbonyl (C=O) groups excluding carboxylic acids is 2. The van der Waals surface area contributed by atoms with Crippen molar-refractivity contribution in [1.82, 2.24) is 25.1 Å². The zero-order valence-corrected chi connectivity index (χ0v) is 16.2. The number of likely N-dealkylation sites (tertiary alicyclic amines) is 1. The predicted octanol–water partition coefficient (Wildman–Crippen LogP) is 2.39. The van der Waals surface area contributed by atoms with Crippen LogP contribution in [0.25, 0.3) is 5.69 Å². The Kier molecular flexibility index (Phi) is 5.33. The first-order valence-corrected chi connectivity index (χ1v) is 9.63. The van der Waals surface area contributed by atoms with Crippen LogP contribution >= 0.6 is 0 Å². The number of benzene rings is 2. The van der Waals surface area contributed by atoms with Gasteiger partial charge in [-0.25, -0.2) is 4.68 Å². The van der Waals surface area contributed by atoms with E-state index in [1.807, 2.05) is 54.3 Å². The molecule has 0 radical (unpaired) electrons. The predicted molar refractivity (Wildman–Crippen MR) is 108 cm³/mol. The zero-order chi connectivity index (χ0) is 20.2. The molecule has 0 saturated carbocycles. The summed E-state index contributed by atoms with van der Waals surface area (Å²) in [5.41, 5.74) is 3.82. The number of amides is 2. The molecule has 29 heavy (non-hydrogen) atoms. The summed E-state index contributed by atoms with van der Waals surface area (Å²) in [6, 6.07) is 12.9. The van der Waals surface area contributed by atoms with E-state index in [4.69, 9.17) is 0 Å². The summed E-state index contributed by atoms with van der Waals surface area (Å²) in [7, 11) is 0. The molecule has 3 aromatic rings. The molecule has 1 N–H and O–H groups in total. The first kappa shape index (κ1) is 18.8. The second-order valence-electron chi connectivity index (χ2n) is 7.12. The summed E-state index contributed by atoms with van der Waals surface area (Å²) in [5, 5.41) is 14.0. The third-order valence-corrected chi connectivity index (χ3v) is 5.15. The van der Waals surface area contributed by atoms with Gasteiger partial charge in [-0.05, 0) is 65.6 Å². The number of anilines is 1. The van der Waals surface area contributed by atoms with Gasteiger partial charge in [0.15, 0.2) is 0 Å². The first-order chi connectivity index (χ1) is 14.1. The maximum atomic E-state index is 12.7. The van der Waals surface area contributed by atoms with E-state index >= 15 is 0 Å². The van der Waals surface area contributed by atoms with Gasteiger partial charge in [0.2, 0.25) is 5.91 Å². The smallest absolute Gasteiger partial charge is 0.254 e. The quantitative estimate of drug-likeness (QED) is 0.722. The maximum absolute atomic E-state index is 12.7. The fourth-order valence-electron chi connectivity index (χ4n) is 3.52. The lowest BCUT2D eigenvalue weighted by molar-refractivity contribution is -0.115. The standard InChI is InChI=1S/C21H22N6O2/c1-15-18(21(29)26-11-2-3-12-26)5-4-6-19(15)23-20(28)13-16-7-9-17(10-8-16)27-14-22-24-25-27/h4-10,14H,2-3,11-13H2,1H3,(H,23,28). The second-order valence-corrected chi connectivity index (χ2v) is 7.12. The van der Waals surface area contributed by atoms with E-state index in [9.17, 15) is 9.59 Å². The van der Waals surface area contributed by atoms with Crippen LogP contribution in [0.15, 0.2) is 48.8 Å². The number of hydrogen-bond acceptors (Lipinski definition) is 5. The van der Waals surface area contributed by atoms with E-state index < -0.39 is 0 Å². The van der Waals surface area contributed by atoms with Crippen LogP contribution in [0.1, 0.15) is 34.3 Å². The normalized spacial score (nSPS) is 13.5. The van der Waals surface area contributed by atoms with Gasteiger partial charge in [0.1, 0.15) is 6.33 Å². The van der Waals surface area contributed by atoms with Gasteiger partial charge in [-0.3, -0.25) is 9.59 Å². The van der Waals surface area contributed by atoms with Crippen LogP contribution in [-0.2, 0) is 11.2 Å². The molecule has 1 aliphatic heterocycles. The Balaban J connectivity index is 1.43. The van der Waals surface area contributed by atoms with Crippen molar-refractivity contribution in [3.05, 3.63) is 65.5 Å². The highest BCUT2D eigenvalue weighted by Crippen LogP contribution is 2.22. The maximum Gasteiger partial charge on any atom is 0.254 e. The summed E-state index contributed by atoms with van der Waals surface area (Å²) >= 11 is 0. The molecule has 0 aliphatic carbocycles. The van der Waals surface area contributed by atoms with E-state index in [0.717, 1.165) is 42.7 Å². The number of nitrogens with zero attached hydrogens (tertiary/aromatic N) is 5. The van der Waals surface area contributed by atoms with E-state index in [1.165, 1.54) is 6.33 Å². The van der Waals surface area contributed by atoms with Crippen LogP contribution in [0, 0.1) is 6.92 Å². The van der Waals surface area contributed by atoms with Crippen molar-refractivity contribution in [3.8, 4) is 5.69 Å². The van der Waals surface area contributed by atoms with Crippen LogP contribution in [0.2, 0.25) is 0 Å². The summed E-state index contributed by atoms with van der Waals surface area (Å²) < 4.78 is 1.55. The Morgan fingerprint density at radius 2 is 1.83 bits per heavy atom. The molecule has 2 amide bonds. The minimum Gasteiger partial charge on any atom is -0.339 e. The highest BCUT2D eigenvalue weighted by atomic mass is 16.2. The molecule has 0 unspecified atom stereocenters. The molecule has 0 bridgehead atoms. The van der Waals surface area contributed by atoms with Crippen molar-refractivity contribution < 1.29 is 9.59 Å². The topological polar surface area (TPSA) is 93.0 Å². The molecule has 2 heterocycles. The summed E-state index contributed by atoms with van der Waals surface area (Å²) in [6.07, 6.45) is 3.85. The van der Waals surface area contributed by atoms with Gasteiger partial charge in [-0.15, -0.1) is 5.10 Å². The van der Waals surface area contributed by atoms with Crippen molar-refractivity contribution >= 4 is 17.5 Å². The van der Waals surface area contributed by atoms with Gasteiger partial charge in [0, 0.05) is 24.3 Å². The molecule has 1 aromatic heterocycles. The van der Waals surface area contributed by atoms with E-state index in [-0.39, 0.29) is 18.2 Å². The minimum absolute atomic E-state index is 0.0364. The number of carbonyl (C=O) groups is 2. The van der Waals surface area contributed by atoms with Crippen LogP contribution in [0.3, 0.4) is 0 Å². The van der Waals surface area contributed by atoms with Crippen molar-refractivity contribution in [2.24, 2.45) is 0 Å². The average Bonchev–Trinajstić information content (AvgIpc) is 3.44. The molecule has 0 atom stereocenters.